The number of nitrogens with one attached hydrogen (secondary N) is 1. The summed E-state index contributed by atoms with van der Waals surface area (Å²) >= 11 is 0. The van der Waals surface area contributed by atoms with E-state index in [0.717, 1.165) is 6.42 Å². The molecule has 3 unspecified atom stereocenters. The van der Waals surface area contributed by atoms with Gasteiger partial charge in [-0.05, 0) is 60.2 Å². The Balaban J connectivity index is 2.68. The molecule has 2 aliphatic rings. The van der Waals surface area contributed by atoms with E-state index < -0.39 is 37.1 Å². The van der Waals surface area contributed by atoms with Gasteiger partial charge >= 0.3 is 0 Å². The zero-order valence-electron chi connectivity index (χ0n) is 22.5. The Morgan fingerprint density at radius 1 is 1.00 bits per heavy atom. The van der Waals surface area contributed by atoms with Gasteiger partial charge in [-0.15, -0.1) is 0 Å². The van der Waals surface area contributed by atoms with E-state index in [9.17, 15) is 18.3 Å². The highest BCUT2D eigenvalue weighted by atomic mass is 32.2. The maximum atomic E-state index is 13.9. The van der Waals surface area contributed by atoms with Crippen LogP contribution < -0.4 is 5.32 Å². The molecule has 2 fully saturated rings. The summed E-state index contributed by atoms with van der Waals surface area (Å²) in [4.78, 5) is 13.9. The zero-order chi connectivity index (χ0) is 25.2. The summed E-state index contributed by atoms with van der Waals surface area (Å²) in [6, 6.07) is -0.0407. The third kappa shape index (κ3) is 5.21. The fourth-order valence-electron chi connectivity index (χ4n) is 7.95. The minimum Gasteiger partial charge on any atom is -0.389 e. The van der Waals surface area contributed by atoms with Gasteiger partial charge in [0.25, 0.3) is 0 Å². The van der Waals surface area contributed by atoms with Crippen molar-refractivity contribution < 1.29 is 18.3 Å². The van der Waals surface area contributed by atoms with Crippen LogP contribution in [0.1, 0.15) is 102 Å². The monoisotopic (exact) mass is 471 g/mol. The average Bonchev–Trinajstić information content (AvgIpc) is 2.80. The first-order valence-electron chi connectivity index (χ1n) is 12.2. The molecule has 0 aliphatic carbocycles. The predicted octanol–water partition coefficient (Wildman–Crippen LogP) is 4.97. The number of rotatable bonds is 3. The van der Waals surface area contributed by atoms with Crippen LogP contribution in [0.3, 0.4) is 0 Å². The molecule has 2 heterocycles. The van der Waals surface area contributed by atoms with Gasteiger partial charge in [0.1, 0.15) is 0 Å². The Morgan fingerprint density at radius 2 is 1.47 bits per heavy atom. The van der Waals surface area contributed by atoms with Crippen molar-refractivity contribution in [3.8, 4) is 0 Å². The second-order valence-corrected chi connectivity index (χ2v) is 16.7. The Morgan fingerprint density at radius 3 is 1.94 bits per heavy atom. The van der Waals surface area contributed by atoms with Crippen LogP contribution in [0.4, 0.5) is 0 Å². The maximum absolute atomic E-state index is 13.9. The molecule has 2 N–H and O–H groups in total. The first-order chi connectivity index (χ1) is 14.0. The fraction of sp³-hybridized carbons (Fsp3) is 0.962. The van der Waals surface area contributed by atoms with Gasteiger partial charge in [0, 0.05) is 6.04 Å². The molecule has 3 atom stereocenters. The SMILES string of the molecule is CC(C)CC(C)(C)C1CC2(C(=O)N1)C(C)(C)CC(C)(C)CS(=O)(=O)CC(C)(C)CC2(C)O. The number of carbonyl (C=O) groups excluding carboxylic acids is 1. The van der Waals surface area contributed by atoms with Crippen LogP contribution in [-0.4, -0.2) is 42.6 Å². The summed E-state index contributed by atoms with van der Waals surface area (Å²) in [5.41, 5.74) is -4.22. The van der Waals surface area contributed by atoms with E-state index in [0.29, 0.717) is 18.8 Å². The van der Waals surface area contributed by atoms with E-state index in [-0.39, 0.29) is 35.3 Å². The number of sulfone groups is 1. The maximum Gasteiger partial charge on any atom is 0.229 e. The topological polar surface area (TPSA) is 83.5 Å². The molecule has 0 aromatic rings. The highest BCUT2D eigenvalue weighted by Crippen LogP contribution is 2.61. The highest BCUT2D eigenvalue weighted by molar-refractivity contribution is 7.91. The lowest BCUT2D eigenvalue weighted by Crippen LogP contribution is -2.61. The van der Waals surface area contributed by atoms with Gasteiger partial charge in [0.2, 0.25) is 5.91 Å². The van der Waals surface area contributed by atoms with Crippen LogP contribution >= 0.6 is 0 Å². The quantitative estimate of drug-likeness (QED) is 0.608. The smallest absolute Gasteiger partial charge is 0.229 e. The lowest BCUT2D eigenvalue weighted by molar-refractivity contribution is -0.175. The van der Waals surface area contributed by atoms with Crippen molar-refractivity contribution in [2.45, 2.75) is 113 Å². The molecule has 2 rings (SSSR count). The molecule has 1 amide bonds. The van der Waals surface area contributed by atoms with Gasteiger partial charge in [0.05, 0.1) is 22.5 Å². The molecule has 0 aromatic heterocycles. The molecular formula is C26H49NO4S. The third-order valence-electron chi connectivity index (χ3n) is 8.12. The minimum absolute atomic E-state index is 0.0139. The van der Waals surface area contributed by atoms with Crippen molar-refractivity contribution in [3.05, 3.63) is 0 Å². The van der Waals surface area contributed by atoms with Crippen LogP contribution in [0.15, 0.2) is 0 Å². The third-order valence-corrected chi connectivity index (χ3v) is 10.6. The fourth-order valence-corrected chi connectivity index (χ4v) is 10.6. The summed E-state index contributed by atoms with van der Waals surface area (Å²) in [6.45, 7) is 22.5. The number of aliphatic hydroxyl groups is 1. The first kappa shape index (κ1) is 27.6. The van der Waals surface area contributed by atoms with Crippen molar-refractivity contribution in [1.82, 2.24) is 5.32 Å². The lowest BCUT2D eigenvalue weighted by atomic mass is 9.50. The van der Waals surface area contributed by atoms with Crippen molar-refractivity contribution in [3.63, 3.8) is 0 Å². The Hall–Kier alpha value is -0.620. The summed E-state index contributed by atoms with van der Waals surface area (Å²) in [7, 11) is -3.31. The van der Waals surface area contributed by atoms with Gasteiger partial charge in [0.15, 0.2) is 9.84 Å². The molecule has 1 spiro atoms. The second kappa shape index (κ2) is 7.96. The number of carbonyl (C=O) groups is 1. The van der Waals surface area contributed by atoms with E-state index in [1.54, 1.807) is 6.92 Å². The van der Waals surface area contributed by atoms with Crippen LogP contribution in [0.5, 0.6) is 0 Å². The van der Waals surface area contributed by atoms with Gasteiger partial charge in [-0.3, -0.25) is 4.79 Å². The van der Waals surface area contributed by atoms with Crippen molar-refractivity contribution in [2.75, 3.05) is 11.5 Å². The molecule has 188 valence electrons. The van der Waals surface area contributed by atoms with Gasteiger partial charge in [-0.1, -0.05) is 69.2 Å². The van der Waals surface area contributed by atoms with E-state index in [1.165, 1.54) is 0 Å². The molecule has 2 saturated heterocycles. The van der Waals surface area contributed by atoms with Gasteiger partial charge in [-0.25, -0.2) is 8.42 Å². The van der Waals surface area contributed by atoms with Gasteiger partial charge in [-0.2, -0.15) is 0 Å². The summed E-state index contributed by atoms with van der Waals surface area (Å²) in [5, 5.41) is 15.4. The number of hydrogen-bond donors (Lipinski definition) is 2. The largest absolute Gasteiger partial charge is 0.389 e. The normalized spacial score (nSPS) is 36.8. The summed E-state index contributed by atoms with van der Waals surface area (Å²) in [6.07, 6.45) is 2.34. The standard InChI is InChI=1S/C26H49NO4S/c1-18(2)12-23(7,8)19-13-26(20(28)27-19)24(9,10)14-21(3,4)16-32(30,31)17-22(5,6)15-25(26,11)29/h18-19,29H,12-17H2,1-11H3,(H,27,28). The van der Waals surface area contributed by atoms with Crippen LogP contribution in [0.2, 0.25) is 0 Å². The van der Waals surface area contributed by atoms with Crippen LogP contribution in [0, 0.1) is 33.0 Å². The molecule has 0 saturated carbocycles. The second-order valence-electron chi connectivity index (χ2n) is 14.6. The minimum atomic E-state index is -3.31. The van der Waals surface area contributed by atoms with Crippen molar-refractivity contribution >= 4 is 15.7 Å². The first-order valence-corrected chi connectivity index (χ1v) is 14.0. The highest BCUT2D eigenvalue weighted by Gasteiger charge is 2.67. The number of amides is 1. The lowest BCUT2D eigenvalue weighted by Gasteiger charge is -2.55. The summed E-state index contributed by atoms with van der Waals surface area (Å²) in [5.74, 6) is 0.526. The van der Waals surface area contributed by atoms with Crippen molar-refractivity contribution in [1.29, 1.82) is 0 Å². The molecule has 0 aromatic carbocycles. The molecule has 0 radical (unpaired) electrons. The molecule has 6 heteroatoms. The van der Waals surface area contributed by atoms with Crippen molar-refractivity contribution in [2.24, 2.45) is 33.0 Å². The molecular weight excluding hydrogens is 422 g/mol. The average molecular weight is 472 g/mol. The molecule has 5 nitrogen and oxygen atoms in total. The van der Waals surface area contributed by atoms with Crippen LogP contribution in [-0.2, 0) is 14.6 Å². The molecule has 0 bridgehead atoms. The Labute approximate surface area is 197 Å². The van der Waals surface area contributed by atoms with E-state index >= 15 is 0 Å². The van der Waals surface area contributed by atoms with E-state index in [4.69, 9.17) is 0 Å². The zero-order valence-corrected chi connectivity index (χ0v) is 23.3. The van der Waals surface area contributed by atoms with E-state index in [2.05, 4.69) is 46.9 Å². The predicted molar refractivity (Wildman–Crippen MR) is 132 cm³/mol. The van der Waals surface area contributed by atoms with Gasteiger partial charge < -0.3 is 10.4 Å². The number of hydrogen-bond acceptors (Lipinski definition) is 4. The summed E-state index contributed by atoms with van der Waals surface area (Å²) < 4.78 is 26.1. The van der Waals surface area contributed by atoms with E-state index in [1.807, 2.05) is 27.7 Å². The van der Waals surface area contributed by atoms with Crippen LogP contribution in [0.25, 0.3) is 0 Å². The Bertz CT molecular complexity index is 796. The molecule has 2 aliphatic heterocycles. The molecule has 32 heavy (non-hydrogen) atoms. The Kier molecular flexibility index (Phi) is 6.88.